The summed E-state index contributed by atoms with van der Waals surface area (Å²) in [5.74, 6) is 1.64. The molecule has 0 spiro atoms. The van der Waals surface area contributed by atoms with Gasteiger partial charge < -0.3 is 5.11 Å². The van der Waals surface area contributed by atoms with E-state index in [9.17, 15) is 9.90 Å². The zero-order valence-corrected chi connectivity index (χ0v) is 10.8. The molecule has 3 rings (SSSR count). The molecule has 1 N–H and O–H groups in total. The summed E-state index contributed by atoms with van der Waals surface area (Å²) in [6.07, 6.45) is 3.97. The lowest BCUT2D eigenvalue weighted by Crippen LogP contribution is -2.39. The molecule has 0 aromatic carbocycles. The second kappa shape index (κ2) is 3.23. The average Bonchev–Trinajstić information content (AvgIpc) is 2.58. The predicted octanol–water partition coefficient (Wildman–Crippen LogP) is 2.57. The summed E-state index contributed by atoms with van der Waals surface area (Å²) >= 11 is 0. The van der Waals surface area contributed by atoms with Gasteiger partial charge in [0, 0.05) is 18.4 Å². The quantitative estimate of drug-likeness (QED) is 0.708. The first-order chi connectivity index (χ1) is 7.93. The van der Waals surface area contributed by atoms with Crippen molar-refractivity contribution in [3.63, 3.8) is 0 Å². The van der Waals surface area contributed by atoms with E-state index in [1.165, 1.54) is 6.42 Å². The zero-order chi connectivity index (χ0) is 12.4. The second-order valence-electron chi connectivity index (χ2n) is 6.98. The molecule has 3 fully saturated rings. The fraction of sp³-hybridized carbons (Fsp3) is 0.800. The van der Waals surface area contributed by atoms with Crippen molar-refractivity contribution < 1.29 is 9.90 Å². The van der Waals surface area contributed by atoms with Crippen LogP contribution in [-0.2, 0) is 4.79 Å². The molecule has 0 aromatic rings. The summed E-state index contributed by atoms with van der Waals surface area (Å²) in [5.41, 5.74) is 1.08. The van der Waals surface area contributed by atoms with E-state index in [1.54, 1.807) is 0 Å². The molecule has 3 aliphatic carbocycles. The van der Waals surface area contributed by atoms with Gasteiger partial charge in [-0.05, 0) is 48.0 Å². The fourth-order valence-electron chi connectivity index (χ4n) is 5.34. The molecular weight excluding hydrogens is 212 g/mol. The Labute approximate surface area is 103 Å². The van der Waals surface area contributed by atoms with E-state index in [-0.39, 0.29) is 23.7 Å². The van der Waals surface area contributed by atoms with Gasteiger partial charge in [0.2, 0.25) is 0 Å². The van der Waals surface area contributed by atoms with Gasteiger partial charge in [-0.2, -0.15) is 0 Å². The Hall–Kier alpha value is -0.630. The molecule has 0 aromatic heterocycles. The highest BCUT2D eigenvalue weighted by Gasteiger charge is 2.67. The van der Waals surface area contributed by atoms with Crippen molar-refractivity contribution >= 4 is 5.78 Å². The van der Waals surface area contributed by atoms with Crippen LogP contribution in [0.5, 0.6) is 0 Å². The van der Waals surface area contributed by atoms with Crippen LogP contribution in [-0.4, -0.2) is 17.5 Å². The maximum Gasteiger partial charge on any atom is 0.159 e. The molecule has 4 atom stereocenters. The Kier molecular flexibility index (Phi) is 2.17. The molecule has 94 valence electrons. The van der Waals surface area contributed by atoms with Gasteiger partial charge in [0.25, 0.3) is 0 Å². The molecule has 0 aliphatic heterocycles. The number of ketones is 1. The molecule has 0 amide bonds. The molecule has 0 heterocycles. The highest BCUT2D eigenvalue weighted by Crippen LogP contribution is 2.71. The first-order valence-electron chi connectivity index (χ1n) is 6.77. The van der Waals surface area contributed by atoms with Crippen molar-refractivity contribution in [2.75, 3.05) is 6.61 Å². The van der Waals surface area contributed by atoms with Crippen LogP contribution in [0.4, 0.5) is 0 Å². The summed E-state index contributed by atoms with van der Waals surface area (Å²) < 4.78 is 0. The third-order valence-electron chi connectivity index (χ3n) is 5.98. The number of hydrogen-bond acceptors (Lipinski definition) is 2. The lowest BCUT2D eigenvalue weighted by molar-refractivity contribution is -0.115. The molecule has 0 unspecified atom stereocenters. The number of rotatable bonds is 1. The summed E-state index contributed by atoms with van der Waals surface area (Å²) in [7, 11) is 0. The molecule has 17 heavy (non-hydrogen) atoms. The van der Waals surface area contributed by atoms with Crippen molar-refractivity contribution in [3.8, 4) is 0 Å². The minimum Gasteiger partial charge on any atom is -0.396 e. The lowest BCUT2D eigenvalue weighted by Gasteiger charge is -2.42. The molecule has 3 aliphatic rings. The lowest BCUT2D eigenvalue weighted by atomic mass is 9.61. The van der Waals surface area contributed by atoms with E-state index in [1.807, 2.05) is 0 Å². The summed E-state index contributed by atoms with van der Waals surface area (Å²) in [6, 6.07) is 0. The first kappa shape index (κ1) is 11.5. The van der Waals surface area contributed by atoms with E-state index in [2.05, 4.69) is 20.4 Å². The Bertz CT molecular complexity index is 396. The molecule has 3 saturated carbocycles. The topological polar surface area (TPSA) is 37.3 Å². The monoisotopic (exact) mass is 234 g/mol. The van der Waals surface area contributed by atoms with Gasteiger partial charge in [-0.1, -0.05) is 20.4 Å². The Morgan fingerprint density at radius 1 is 1.35 bits per heavy atom. The van der Waals surface area contributed by atoms with E-state index in [0.717, 1.165) is 18.4 Å². The van der Waals surface area contributed by atoms with E-state index < -0.39 is 0 Å². The number of allylic oxidation sites excluding steroid dienone is 1. The number of carbonyl (C=O) groups is 1. The summed E-state index contributed by atoms with van der Waals surface area (Å²) in [5, 5.41) is 9.67. The van der Waals surface area contributed by atoms with Gasteiger partial charge in [0.1, 0.15) is 0 Å². The SMILES string of the molecule is C=C1C(=O)C[C@H]2[C@@H]3CC[C@H](CO)[C@]12CC3(C)C. The smallest absolute Gasteiger partial charge is 0.159 e. The highest BCUT2D eigenvalue weighted by atomic mass is 16.3. The van der Waals surface area contributed by atoms with Crippen LogP contribution in [0.1, 0.15) is 39.5 Å². The van der Waals surface area contributed by atoms with Crippen LogP contribution >= 0.6 is 0 Å². The average molecular weight is 234 g/mol. The van der Waals surface area contributed by atoms with Crippen molar-refractivity contribution in [2.24, 2.45) is 28.6 Å². The van der Waals surface area contributed by atoms with Gasteiger partial charge in [-0.25, -0.2) is 0 Å². The van der Waals surface area contributed by atoms with Gasteiger partial charge in [-0.3, -0.25) is 4.79 Å². The zero-order valence-electron chi connectivity index (χ0n) is 10.8. The van der Waals surface area contributed by atoms with E-state index in [0.29, 0.717) is 23.7 Å². The number of Topliss-reactive ketones (excluding diaryl/α,β-unsaturated/α-hetero) is 1. The highest BCUT2D eigenvalue weighted by molar-refractivity contribution is 5.99. The fourth-order valence-corrected chi connectivity index (χ4v) is 5.34. The van der Waals surface area contributed by atoms with Gasteiger partial charge in [0.05, 0.1) is 0 Å². The van der Waals surface area contributed by atoms with Crippen LogP contribution in [0.25, 0.3) is 0 Å². The van der Waals surface area contributed by atoms with Crippen molar-refractivity contribution in [1.29, 1.82) is 0 Å². The van der Waals surface area contributed by atoms with Crippen LogP contribution in [0.2, 0.25) is 0 Å². The molecule has 0 radical (unpaired) electrons. The Morgan fingerprint density at radius 3 is 2.71 bits per heavy atom. The largest absolute Gasteiger partial charge is 0.396 e. The van der Waals surface area contributed by atoms with Crippen LogP contribution < -0.4 is 0 Å². The Morgan fingerprint density at radius 2 is 2.06 bits per heavy atom. The Balaban J connectivity index is 2.12. The third kappa shape index (κ3) is 1.17. The predicted molar refractivity (Wildman–Crippen MR) is 66.4 cm³/mol. The molecular formula is C15H22O2. The van der Waals surface area contributed by atoms with Gasteiger partial charge in [0.15, 0.2) is 5.78 Å². The minimum absolute atomic E-state index is 0.0573. The number of carbonyl (C=O) groups excluding carboxylic acids is 1. The van der Waals surface area contributed by atoms with Gasteiger partial charge in [-0.15, -0.1) is 0 Å². The molecule has 2 nitrogen and oxygen atoms in total. The van der Waals surface area contributed by atoms with Crippen molar-refractivity contribution in [1.82, 2.24) is 0 Å². The maximum atomic E-state index is 12.0. The first-order valence-corrected chi connectivity index (χ1v) is 6.77. The van der Waals surface area contributed by atoms with Gasteiger partial charge >= 0.3 is 0 Å². The normalized spacial score (nSPS) is 47.4. The van der Waals surface area contributed by atoms with Crippen molar-refractivity contribution in [3.05, 3.63) is 12.2 Å². The minimum atomic E-state index is -0.0573. The molecule has 0 saturated heterocycles. The number of aliphatic hydroxyl groups is 1. The van der Waals surface area contributed by atoms with Crippen LogP contribution in [0.15, 0.2) is 12.2 Å². The molecule has 2 bridgehead atoms. The summed E-state index contributed by atoms with van der Waals surface area (Å²) in [6.45, 7) is 8.96. The van der Waals surface area contributed by atoms with E-state index in [4.69, 9.17) is 0 Å². The van der Waals surface area contributed by atoms with Crippen molar-refractivity contribution in [2.45, 2.75) is 39.5 Å². The van der Waals surface area contributed by atoms with Crippen LogP contribution in [0.3, 0.4) is 0 Å². The third-order valence-corrected chi connectivity index (χ3v) is 5.98. The van der Waals surface area contributed by atoms with E-state index >= 15 is 0 Å². The second-order valence-corrected chi connectivity index (χ2v) is 6.98. The maximum absolute atomic E-state index is 12.0. The number of aliphatic hydroxyl groups excluding tert-OH is 1. The molecule has 2 heteroatoms. The standard InChI is InChI=1S/C15H22O2/c1-9-13(17)6-12-11-5-4-10(7-16)15(9,12)8-14(11,2)3/h10-12,16H,1,4-8H2,2-3H3/t10-,11+,12+,15+/m1/s1. The summed E-state index contributed by atoms with van der Waals surface area (Å²) in [4.78, 5) is 12.0. The van der Waals surface area contributed by atoms with Crippen LogP contribution in [0, 0.1) is 28.6 Å². The number of hydrogen-bond donors (Lipinski definition) is 1.